The first-order valence-corrected chi connectivity index (χ1v) is 10.6. The lowest BCUT2D eigenvalue weighted by Crippen LogP contribution is -2.38. The summed E-state index contributed by atoms with van der Waals surface area (Å²) >= 11 is 0. The molecule has 0 radical (unpaired) electrons. The second-order valence-corrected chi connectivity index (χ2v) is 8.11. The van der Waals surface area contributed by atoms with Crippen molar-refractivity contribution >= 4 is 22.6 Å². The van der Waals surface area contributed by atoms with Gasteiger partial charge in [-0.05, 0) is 37.7 Å². The highest BCUT2D eigenvalue weighted by Gasteiger charge is 2.25. The Balaban J connectivity index is 1.41. The van der Waals surface area contributed by atoms with E-state index in [1.807, 2.05) is 12.1 Å². The first kappa shape index (κ1) is 19.7. The minimum absolute atomic E-state index is 0.222. The lowest BCUT2D eigenvalue weighted by molar-refractivity contribution is -0.122. The highest BCUT2D eigenvalue weighted by atomic mass is 16.5. The molecule has 7 nitrogen and oxygen atoms in total. The molecule has 0 atom stereocenters. The molecule has 29 heavy (non-hydrogen) atoms. The molecule has 1 aliphatic carbocycles. The summed E-state index contributed by atoms with van der Waals surface area (Å²) in [5.41, 5.74) is 0.839. The standard InChI is InChI=1S/C22H30N4O3/c1-28-19-12-17-18(13-20(19)29-2)23-14-24-22(17)26-9-7-15(8-10-26)11-21(27)25-16-5-3-4-6-16/h12-16H,3-11H2,1-2H3,(H,25,27). The second kappa shape index (κ2) is 8.84. The number of hydrogen-bond donors (Lipinski definition) is 1. The Bertz CT molecular complexity index is 859. The van der Waals surface area contributed by atoms with Crippen LogP contribution in [-0.2, 0) is 4.79 Å². The van der Waals surface area contributed by atoms with Crippen molar-refractivity contribution in [3.05, 3.63) is 18.5 Å². The van der Waals surface area contributed by atoms with Crippen LogP contribution in [0.3, 0.4) is 0 Å². The average molecular weight is 399 g/mol. The van der Waals surface area contributed by atoms with Gasteiger partial charge in [-0.15, -0.1) is 0 Å². The number of rotatable bonds is 6. The molecular formula is C22H30N4O3. The van der Waals surface area contributed by atoms with E-state index in [0.29, 0.717) is 29.9 Å². The number of fused-ring (bicyclic) bond motifs is 1. The Morgan fingerprint density at radius 3 is 2.45 bits per heavy atom. The smallest absolute Gasteiger partial charge is 0.220 e. The van der Waals surface area contributed by atoms with Crippen LogP contribution in [0.15, 0.2) is 18.5 Å². The molecule has 156 valence electrons. The van der Waals surface area contributed by atoms with E-state index in [4.69, 9.17) is 9.47 Å². The molecule has 1 aromatic carbocycles. The van der Waals surface area contributed by atoms with Gasteiger partial charge in [0.25, 0.3) is 0 Å². The summed E-state index contributed by atoms with van der Waals surface area (Å²) in [4.78, 5) is 23.6. The quantitative estimate of drug-likeness (QED) is 0.804. The van der Waals surface area contributed by atoms with Crippen molar-refractivity contribution in [1.29, 1.82) is 0 Å². The number of carbonyl (C=O) groups excluding carboxylic acids is 1. The van der Waals surface area contributed by atoms with Crippen LogP contribution in [-0.4, -0.2) is 49.2 Å². The van der Waals surface area contributed by atoms with E-state index in [0.717, 1.165) is 55.5 Å². The first-order chi connectivity index (χ1) is 14.2. The van der Waals surface area contributed by atoms with Crippen molar-refractivity contribution in [2.24, 2.45) is 5.92 Å². The molecule has 2 fully saturated rings. The maximum absolute atomic E-state index is 12.4. The third-order valence-corrected chi connectivity index (χ3v) is 6.23. The minimum Gasteiger partial charge on any atom is -0.493 e. The lowest BCUT2D eigenvalue weighted by atomic mass is 9.93. The zero-order chi connectivity index (χ0) is 20.2. The van der Waals surface area contributed by atoms with Crippen LogP contribution in [0.4, 0.5) is 5.82 Å². The maximum Gasteiger partial charge on any atom is 0.220 e. The Morgan fingerprint density at radius 1 is 1.07 bits per heavy atom. The predicted molar refractivity (Wildman–Crippen MR) is 113 cm³/mol. The summed E-state index contributed by atoms with van der Waals surface area (Å²) in [6.07, 6.45) is 9.00. The molecule has 2 aromatic rings. The number of methoxy groups -OCH3 is 2. The van der Waals surface area contributed by atoms with Crippen molar-refractivity contribution in [1.82, 2.24) is 15.3 Å². The first-order valence-electron chi connectivity index (χ1n) is 10.6. The number of carbonyl (C=O) groups is 1. The van der Waals surface area contributed by atoms with E-state index < -0.39 is 0 Å². The van der Waals surface area contributed by atoms with Gasteiger partial charge in [0, 0.05) is 37.0 Å². The summed E-state index contributed by atoms with van der Waals surface area (Å²) < 4.78 is 10.8. The molecule has 1 saturated heterocycles. The van der Waals surface area contributed by atoms with E-state index in [1.165, 1.54) is 12.8 Å². The highest BCUT2D eigenvalue weighted by molar-refractivity contribution is 5.92. The van der Waals surface area contributed by atoms with Crippen LogP contribution in [0, 0.1) is 5.92 Å². The summed E-state index contributed by atoms with van der Waals surface area (Å²) in [6, 6.07) is 4.24. The topological polar surface area (TPSA) is 76.6 Å². The Labute approximate surface area is 171 Å². The molecule has 1 aromatic heterocycles. The number of nitrogens with one attached hydrogen (secondary N) is 1. The fraction of sp³-hybridized carbons (Fsp3) is 0.591. The number of nitrogens with zero attached hydrogens (tertiary/aromatic N) is 3. The van der Waals surface area contributed by atoms with Crippen LogP contribution in [0.1, 0.15) is 44.9 Å². The zero-order valence-corrected chi connectivity index (χ0v) is 17.3. The average Bonchev–Trinajstić information content (AvgIpc) is 3.25. The van der Waals surface area contributed by atoms with Gasteiger partial charge in [-0.1, -0.05) is 12.8 Å². The van der Waals surface area contributed by atoms with Gasteiger partial charge in [0.05, 0.1) is 19.7 Å². The third kappa shape index (κ3) is 4.38. The number of ether oxygens (including phenoxy) is 2. The number of amides is 1. The predicted octanol–water partition coefficient (Wildman–Crippen LogP) is 3.31. The van der Waals surface area contributed by atoms with E-state index in [1.54, 1.807) is 20.5 Å². The summed E-state index contributed by atoms with van der Waals surface area (Å²) in [5.74, 6) is 2.92. The number of benzene rings is 1. The second-order valence-electron chi connectivity index (χ2n) is 8.11. The fourth-order valence-electron chi connectivity index (χ4n) is 4.59. The van der Waals surface area contributed by atoms with Crippen molar-refractivity contribution in [2.75, 3.05) is 32.2 Å². The molecule has 4 rings (SSSR count). The van der Waals surface area contributed by atoms with Crippen LogP contribution in [0.2, 0.25) is 0 Å². The number of anilines is 1. The van der Waals surface area contributed by atoms with Crippen molar-refractivity contribution in [2.45, 2.75) is 51.0 Å². The molecule has 0 spiro atoms. The highest BCUT2D eigenvalue weighted by Crippen LogP contribution is 2.36. The Morgan fingerprint density at radius 2 is 1.76 bits per heavy atom. The molecule has 1 amide bonds. The van der Waals surface area contributed by atoms with Gasteiger partial charge in [-0.25, -0.2) is 9.97 Å². The molecule has 0 unspecified atom stereocenters. The molecule has 2 heterocycles. The van der Waals surface area contributed by atoms with Gasteiger partial charge in [0.2, 0.25) is 5.91 Å². The zero-order valence-electron chi connectivity index (χ0n) is 17.3. The van der Waals surface area contributed by atoms with Gasteiger partial charge >= 0.3 is 0 Å². The van der Waals surface area contributed by atoms with E-state index in [-0.39, 0.29) is 5.91 Å². The molecule has 1 aliphatic heterocycles. The third-order valence-electron chi connectivity index (χ3n) is 6.23. The Hall–Kier alpha value is -2.57. The number of piperidine rings is 1. The van der Waals surface area contributed by atoms with E-state index in [2.05, 4.69) is 20.2 Å². The number of aromatic nitrogens is 2. The van der Waals surface area contributed by atoms with Gasteiger partial charge in [0.15, 0.2) is 11.5 Å². The Kier molecular flexibility index (Phi) is 6.02. The maximum atomic E-state index is 12.4. The van der Waals surface area contributed by atoms with Crippen molar-refractivity contribution in [3.63, 3.8) is 0 Å². The molecule has 1 saturated carbocycles. The van der Waals surface area contributed by atoms with Crippen LogP contribution in [0.25, 0.3) is 10.9 Å². The van der Waals surface area contributed by atoms with Crippen molar-refractivity contribution in [3.8, 4) is 11.5 Å². The summed E-state index contributed by atoms with van der Waals surface area (Å²) in [5, 5.41) is 4.18. The van der Waals surface area contributed by atoms with Gasteiger partial charge in [0.1, 0.15) is 12.1 Å². The number of hydrogen-bond acceptors (Lipinski definition) is 6. The molecule has 7 heteroatoms. The van der Waals surface area contributed by atoms with Crippen LogP contribution in [0.5, 0.6) is 11.5 Å². The lowest BCUT2D eigenvalue weighted by Gasteiger charge is -2.33. The largest absolute Gasteiger partial charge is 0.493 e. The molecule has 0 bridgehead atoms. The normalized spacial score (nSPS) is 18.2. The molecular weight excluding hydrogens is 368 g/mol. The van der Waals surface area contributed by atoms with Gasteiger partial charge in [-0.3, -0.25) is 4.79 Å². The SMILES string of the molecule is COc1cc2ncnc(N3CCC(CC(=O)NC4CCCC4)CC3)c2cc1OC. The van der Waals surface area contributed by atoms with Crippen LogP contribution >= 0.6 is 0 Å². The fourth-order valence-corrected chi connectivity index (χ4v) is 4.59. The summed E-state index contributed by atoms with van der Waals surface area (Å²) in [6.45, 7) is 1.78. The van der Waals surface area contributed by atoms with Gasteiger partial charge in [-0.2, -0.15) is 0 Å². The van der Waals surface area contributed by atoms with Gasteiger partial charge < -0.3 is 19.7 Å². The molecule has 1 N–H and O–H groups in total. The van der Waals surface area contributed by atoms with E-state index >= 15 is 0 Å². The van der Waals surface area contributed by atoms with E-state index in [9.17, 15) is 4.79 Å². The van der Waals surface area contributed by atoms with Crippen LogP contribution < -0.4 is 19.7 Å². The molecule has 2 aliphatic rings. The summed E-state index contributed by atoms with van der Waals surface area (Å²) in [7, 11) is 3.26. The van der Waals surface area contributed by atoms with Crippen molar-refractivity contribution < 1.29 is 14.3 Å². The monoisotopic (exact) mass is 398 g/mol. The minimum atomic E-state index is 0.222.